The Balaban J connectivity index is 1.50. The third kappa shape index (κ3) is 2.68. The van der Waals surface area contributed by atoms with Gasteiger partial charge >= 0.3 is 0 Å². The Morgan fingerprint density at radius 2 is 1.78 bits per heavy atom. The lowest BCUT2D eigenvalue weighted by Crippen LogP contribution is -2.14. The van der Waals surface area contributed by atoms with Gasteiger partial charge in [0, 0.05) is 12.1 Å². The van der Waals surface area contributed by atoms with Crippen molar-refractivity contribution in [3.05, 3.63) is 72.6 Å². The fourth-order valence-corrected chi connectivity index (χ4v) is 3.66. The molecular formula is C22H19N3O2. The first kappa shape index (κ1) is 15.8. The van der Waals surface area contributed by atoms with Crippen molar-refractivity contribution in [1.82, 2.24) is 9.55 Å². The van der Waals surface area contributed by atoms with E-state index in [1.54, 1.807) is 0 Å². The number of ether oxygens (including phenoxy) is 2. The van der Waals surface area contributed by atoms with Crippen molar-refractivity contribution < 1.29 is 9.47 Å². The highest BCUT2D eigenvalue weighted by Gasteiger charge is 2.20. The number of anilines is 1. The van der Waals surface area contributed by atoms with Crippen molar-refractivity contribution in [2.45, 2.75) is 13.0 Å². The molecule has 5 heteroatoms. The summed E-state index contributed by atoms with van der Waals surface area (Å²) < 4.78 is 13.3. The standard InChI is InChI=1S/C22H19N3O2/c23-21-20-10-9-17(22(21)27-14-26-20)16-6-2-1-5-15(16)11-12-25-13-24-18-7-3-4-8-19(18)25/h1-10,13H,11-12,14,23H2. The third-order valence-electron chi connectivity index (χ3n) is 5.03. The molecule has 2 bridgehead atoms. The van der Waals surface area contributed by atoms with Gasteiger partial charge in [-0.1, -0.05) is 36.4 Å². The van der Waals surface area contributed by atoms with E-state index in [1.165, 1.54) is 5.56 Å². The molecule has 27 heavy (non-hydrogen) atoms. The number of nitrogens with zero attached hydrogens (tertiary/aromatic N) is 2. The maximum Gasteiger partial charge on any atom is 0.231 e. The average molecular weight is 357 g/mol. The molecule has 0 saturated heterocycles. The second-order valence-corrected chi connectivity index (χ2v) is 6.59. The second-order valence-electron chi connectivity index (χ2n) is 6.59. The van der Waals surface area contributed by atoms with Crippen LogP contribution >= 0.6 is 0 Å². The van der Waals surface area contributed by atoms with Crippen LogP contribution in [0.1, 0.15) is 5.56 Å². The highest BCUT2D eigenvalue weighted by molar-refractivity contribution is 5.82. The predicted octanol–water partition coefficient (Wildman–Crippen LogP) is 4.26. The predicted molar refractivity (Wildman–Crippen MR) is 106 cm³/mol. The van der Waals surface area contributed by atoms with Crippen LogP contribution < -0.4 is 15.2 Å². The topological polar surface area (TPSA) is 62.3 Å². The Morgan fingerprint density at radius 3 is 2.74 bits per heavy atom. The summed E-state index contributed by atoms with van der Waals surface area (Å²) in [6, 6.07) is 20.5. The summed E-state index contributed by atoms with van der Waals surface area (Å²) in [4.78, 5) is 4.48. The van der Waals surface area contributed by atoms with E-state index in [-0.39, 0.29) is 6.79 Å². The van der Waals surface area contributed by atoms with Crippen molar-refractivity contribution in [3.63, 3.8) is 0 Å². The number of benzene rings is 3. The lowest BCUT2D eigenvalue weighted by molar-refractivity contribution is 0.109. The number of fused-ring (bicyclic) bond motifs is 3. The zero-order valence-corrected chi connectivity index (χ0v) is 14.8. The first-order valence-corrected chi connectivity index (χ1v) is 8.97. The first-order valence-electron chi connectivity index (χ1n) is 8.97. The van der Waals surface area contributed by atoms with E-state index in [9.17, 15) is 0 Å². The van der Waals surface area contributed by atoms with Gasteiger partial charge in [-0.3, -0.25) is 0 Å². The molecule has 0 amide bonds. The smallest absolute Gasteiger partial charge is 0.231 e. The van der Waals surface area contributed by atoms with Crippen molar-refractivity contribution >= 4 is 16.7 Å². The minimum absolute atomic E-state index is 0.197. The van der Waals surface area contributed by atoms with Gasteiger partial charge in [0.25, 0.3) is 0 Å². The lowest BCUT2D eigenvalue weighted by Gasteiger charge is -2.23. The maximum absolute atomic E-state index is 6.18. The second kappa shape index (κ2) is 6.36. The number of para-hydroxylation sites is 2. The lowest BCUT2D eigenvalue weighted by atomic mass is 9.96. The molecule has 0 saturated carbocycles. The number of nitrogens with two attached hydrogens (primary N) is 1. The van der Waals surface area contributed by atoms with Gasteiger partial charge in [0.2, 0.25) is 6.79 Å². The fraction of sp³-hybridized carbons (Fsp3) is 0.136. The molecule has 5 nitrogen and oxygen atoms in total. The number of aromatic nitrogens is 2. The number of hydrogen-bond acceptors (Lipinski definition) is 4. The Kier molecular flexibility index (Phi) is 3.71. The molecule has 1 aromatic heterocycles. The van der Waals surface area contributed by atoms with Crippen molar-refractivity contribution in [2.24, 2.45) is 0 Å². The largest absolute Gasteiger partial charge is 0.455 e. The van der Waals surface area contributed by atoms with Crippen LogP contribution in [0.15, 0.2) is 67.0 Å². The quantitative estimate of drug-likeness (QED) is 0.555. The summed E-state index contributed by atoms with van der Waals surface area (Å²) in [5.74, 6) is 1.39. The van der Waals surface area contributed by atoms with E-state index in [1.807, 2.05) is 42.7 Å². The van der Waals surface area contributed by atoms with Crippen LogP contribution in [0.25, 0.3) is 22.2 Å². The van der Waals surface area contributed by atoms with Crippen LogP contribution in [0.5, 0.6) is 11.5 Å². The van der Waals surface area contributed by atoms with Crippen molar-refractivity contribution in [2.75, 3.05) is 12.5 Å². The Morgan fingerprint density at radius 1 is 0.926 bits per heavy atom. The molecule has 0 radical (unpaired) electrons. The summed E-state index contributed by atoms with van der Waals surface area (Å²) in [7, 11) is 0. The van der Waals surface area contributed by atoms with Crippen molar-refractivity contribution in [3.8, 4) is 22.6 Å². The zero-order chi connectivity index (χ0) is 18.2. The van der Waals surface area contributed by atoms with Crippen LogP contribution in [0, 0.1) is 0 Å². The number of hydrogen-bond donors (Lipinski definition) is 1. The molecule has 0 spiro atoms. The highest BCUT2D eigenvalue weighted by atomic mass is 16.7. The summed E-state index contributed by atoms with van der Waals surface area (Å²) in [6.07, 6.45) is 2.79. The van der Waals surface area contributed by atoms with E-state index in [0.29, 0.717) is 17.2 Å². The molecule has 3 aromatic carbocycles. The molecule has 4 aromatic rings. The molecule has 0 atom stereocenters. The SMILES string of the molecule is Nc1c2ccc(-c3ccccc3CCn3cnc4ccccc43)c1OCO2. The van der Waals surface area contributed by atoms with Crippen LogP contribution in [0.3, 0.4) is 0 Å². The van der Waals surface area contributed by atoms with Crippen molar-refractivity contribution in [1.29, 1.82) is 0 Å². The zero-order valence-electron chi connectivity index (χ0n) is 14.8. The summed E-state index contributed by atoms with van der Waals surface area (Å²) in [5.41, 5.74) is 12.3. The molecule has 2 N–H and O–H groups in total. The molecule has 5 rings (SSSR count). The number of nitrogen functional groups attached to an aromatic ring is 1. The molecule has 0 aliphatic carbocycles. The Hall–Kier alpha value is -3.47. The van der Waals surface area contributed by atoms with Gasteiger partial charge in [-0.25, -0.2) is 4.98 Å². The number of imidazole rings is 1. The van der Waals surface area contributed by atoms with Gasteiger partial charge in [0.05, 0.1) is 17.4 Å². The van der Waals surface area contributed by atoms with E-state index in [0.717, 1.165) is 35.1 Å². The van der Waals surface area contributed by atoms with E-state index in [2.05, 4.69) is 33.8 Å². The number of aryl methyl sites for hydroxylation is 2. The third-order valence-corrected chi connectivity index (χ3v) is 5.03. The van der Waals surface area contributed by atoms with E-state index >= 15 is 0 Å². The molecule has 1 aliphatic rings. The van der Waals surface area contributed by atoms with Crippen LogP contribution in [-0.2, 0) is 13.0 Å². The molecule has 134 valence electrons. The molecule has 2 heterocycles. The maximum atomic E-state index is 6.18. The first-order chi connectivity index (χ1) is 13.3. The molecular weight excluding hydrogens is 338 g/mol. The van der Waals surface area contributed by atoms with Crippen LogP contribution in [0.4, 0.5) is 5.69 Å². The van der Waals surface area contributed by atoms with E-state index < -0.39 is 0 Å². The molecule has 0 unspecified atom stereocenters. The minimum atomic E-state index is 0.197. The van der Waals surface area contributed by atoms with Gasteiger partial charge in [-0.2, -0.15) is 0 Å². The summed E-state index contributed by atoms with van der Waals surface area (Å²) >= 11 is 0. The fourth-order valence-electron chi connectivity index (χ4n) is 3.66. The van der Waals surface area contributed by atoms with Crippen LogP contribution in [-0.4, -0.2) is 16.3 Å². The van der Waals surface area contributed by atoms with Gasteiger partial charge in [-0.05, 0) is 41.8 Å². The van der Waals surface area contributed by atoms with Gasteiger partial charge in [-0.15, -0.1) is 0 Å². The molecule has 1 aliphatic heterocycles. The molecule has 0 fully saturated rings. The van der Waals surface area contributed by atoms with Crippen LogP contribution in [0.2, 0.25) is 0 Å². The normalized spacial score (nSPS) is 12.6. The average Bonchev–Trinajstić information content (AvgIpc) is 3.10. The van der Waals surface area contributed by atoms with Gasteiger partial charge in [0.1, 0.15) is 5.69 Å². The van der Waals surface area contributed by atoms with E-state index in [4.69, 9.17) is 15.2 Å². The Bertz CT molecular complexity index is 1130. The monoisotopic (exact) mass is 357 g/mol. The number of rotatable bonds is 4. The minimum Gasteiger partial charge on any atom is -0.455 e. The van der Waals surface area contributed by atoms with Gasteiger partial charge < -0.3 is 19.8 Å². The highest BCUT2D eigenvalue weighted by Crippen LogP contribution is 2.44. The van der Waals surface area contributed by atoms with Gasteiger partial charge in [0.15, 0.2) is 11.5 Å². The Labute approximate surface area is 157 Å². The summed E-state index contributed by atoms with van der Waals surface area (Å²) in [5, 5.41) is 0. The summed E-state index contributed by atoms with van der Waals surface area (Å²) in [6.45, 7) is 1.05.